The summed E-state index contributed by atoms with van der Waals surface area (Å²) < 4.78 is 1.80. The first-order valence-corrected chi connectivity index (χ1v) is 8.67. The summed E-state index contributed by atoms with van der Waals surface area (Å²) in [5.74, 6) is 0.633. The zero-order chi connectivity index (χ0) is 15.6. The zero-order valence-electron chi connectivity index (χ0n) is 13.9. The molecule has 0 unspecified atom stereocenters. The summed E-state index contributed by atoms with van der Waals surface area (Å²) in [5.41, 5.74) is 1.84. The number of carbonyl (C=O) groups is 1. The third kappa shape index (κ3) is 2.11. The maximum Gasteiger partial charge on any atom is 0.272 e. The molecule has 4 heterocycles. The Morgan fingerprint density at radius 2 is 1.96 bits per heavy atom. The summed E-state index contributed by atoms with van der Waals surface area (Å²) in [6, 6.07) is 8.25. The molecular weight excluding hydrogens is 324 g/mol. The number of carbonyl (C=O) groups excluding carboxylic acids is 1. The van der Waals surface area contributed by atoms with Crippen molar-refractivity contribution in [2.45, 2.75) is 37.3 Å². The van der Waals surface area contributed by atoms with Crippen LogP contribution < -0.4 is 5.32 Å². The second-order valence-electron chi connectivity index (χ2n) is 7.37. The standard InChI is InChI=1S/C18H22N4O.ClH/c1-21-14-5-3-2-4-13(14)15(20-21)17(23)19-16-12-6-10-22(11-7-12)18(16)8-9-18;/h2-5,12,16H,6-11H2,1H3,(H,19,23);1H/t16-;/m1./s1. The number of amides is 1. The molecule has 4 aliphatic rings. The SMILES string of the molecule is Cl.Cn1nc(C(=O)N[C@@H]2C3CCN(CC3)C23CC3)c2ccccc21. The lowest BCUT2D eigenvalue weighted by Crippen LogP contribution is -2.65. The van der Waals surface area contributed by atoms with Gasteiger partial charge in [0.2, 0.25) is 0 Å². The molecule has 6 rings (SSSR count). The van der Waals surface area contributed by atoms with Gasteiger partial charge in [0.15, 0.2) is 5.69 Å². The van der Waals surface area contributed by atoms with Gasteiger partial charge >= 0.3 is 0 Å². The van der Waals surface area contributed by atoms with E-state index in [0.717, 1.165) is 10.9 Å². The Morgan fingerprint density at radius 3 is 2.67 bits per heavy atom. The molecular formula is C18H23ClN4O. The fraction of sp³-hybridized carbons (Fsp3) is 0.556. The molecule has 2 bridgehead atoms. The van der Waals surface area contributed by atoms with Crippen LogP contribution in [0.2, 0.25) is 0 Å². The van der Waals surface area contributed by atoms with Gasteiger partial charge in [-0.05, 0) is 50.8 Å². The quantitative estimate of drug-likeness (QED) is 0.908. The van der Waals surface area contributed by atoms with Crippen molar-refractivity contribution >= 4 is 29.2 Å². The Balaban J connectivity index is 0.00000146. The highest BCUT2D eigenvalue weighted by molar-refractivity contribution is 6.05. The van der Waals surface area contributed by atoms with E-state index in [-0.39, 0.29) is 23.9 Å². The van der Waals surface area contributed by atoms with Crippen molar-refractivity contribution in [3.05, 3.63) is 30.0 Å². The molecule has 1 N–H and O–H groups in total. The Bertz CT molecular complexity index is 789. The van der Waals surface area contributed by atoms with Gasteiger partial charge in [0.25, 0.3) is 5.91 Å². The van der Waals surface area contributed by atoms with Crippen molar-refractivity contribution in [1.29, 1.82) is 0 Å². The number of para-hydroxylation sites is 1. The van der Waals surface area contributed by atoms with Crippen LogP contribution in [-0.2, 0) is 7.05 Å². The number of benzene rings is 1. The molecule has 4 fully saturated rings. The van der Waals surface area contributed by atoms with E-state index < -0.39 is 0 Å². The smallest absolute Gasteiger partial charge is 0.272 e. The third-order valence-corrected chi connectivity index (χ3v) is 6.24. The van der Waals surface area contributed by atoms with Gasteiger partial charge in [-0.3, -0.25) is 14.4 Å². The second-order valence-corrected chi connectivity index (χ2v) is 7.37. The van der Waals surface area contributed by atoms with Crippen LogP contribution in [0.15, 0.2) is 24.3 Å². The predicted molar refractivity (Wildman–Crippen MR) is 95.5 cm³/mol. The van der Waals surface area contributed by atoms with Crippen LogP contribution in [0.3, 0.4) is 0 Å². The van der Waals surface area contributed by atoms with Gasteiger partial charge in [-0.25, -0.2) is 0 Å². The van der Waals surface area contributed by atoms with E-state index in [1.807, 2.05) is 31.3 Å². The van der Waals surface area contributed by atoms with E-state index in [1.165, 1.54) is 38.8 Å². The topological polar surface area (TPSA) is 50.2 Å². The molecule has 1 amide bonds. The monoisotopic (exact) mass is 346 g/mol. The number of fused-ring (bicyclic) bond motifs is 3. The number of piperidine rings is 3. The molecule has 1 spiro atoms. The van der Waals surface area contributed by atoms with Crippen LogP contribution in [0, 0.1) is 5.92 Å². The van der Waals surface area contributed by atoms with Crippen LogP contribution in [-0.4, -0.2) is 45.3 Å². The number of aromatic nitrogens is 2. The highest BCUT2D eigenvalue weighted by atomic mass is 35.5. The predicted octanol–water partition coefficient (Wildman–Crippen LogP) is 2.35. The van der Waals surface area contributed by atoms with E-state index >= 15 is 0 Å². The summed E-state index contributed by atoms with van der Waals surface area (Å²) in [7, 11) is 1.90. The Kier molecular flexibility index (Phi) is 3.62. The number of hydrogen-bond acceptors (Lipinski definition) is 3. The van der Waals surface area contributed by atoms with Crippen LogP contribution >= 0.6 is 12.4 Å². The maximum atomic E-state index is 12.9. The van der Waals surface area contributed by atoms with Crippen molar-refractivity contribution < 1.29 is 4.79 Å². The van der Waals surface area contributed by atoms with Crippen LogP contribution in [0.5, 0.6) is 0 Å². The number of hydrogen-bond donors (Lipinski definition) is 1. The fourth-order valence-corrected chi connectivity index (χ4v) is 4.91. The molecule has 24 heavy (non-hydrogen) atoms. The lowest BCUT2D eigenvalue weighted by molar-refractivity contribution is -0.00151. The van der Waals surface area contributed by atoms with E-state index in [1.54, 1.807) is 4.68 Å². The zero-order valence-corrected chi connectivity index (χ0v) is 14.7. The fourth-order valence-electron chi connectivity index (χ4n) is 4.91. The normalized spacial score (nSPS) is 29.5. The van der Waals surface area contributed by atoms with E-state index in [0.29, 0.717) is 17.7 Å². The van der Waals surface area contributed by atoms with E-state index in [9.17, 15) is 4.79 Å². The first-order chi connectivity index (χ1) is 11.2. The number of nitrogens with one attached hydrogen (secondary N) is 1. The molecule has 1 aromatic heterocycles. The molecule has 1 aromatic carbocycles. The molecule has 6 heteroatoms. The Hall–Kier alpha value is -1.59. The lowest BCUT2D eigenvalue weighted by atomic mass is 9.77. The maximum absolute atomic E-state index is 12.9. The first-order valence-electron chi connectivity index (χ1n) is 8.67. The molecule has 5 nitrogen and oxygen atoms in total. The van der Waals surface area contributed by atoms with E-state index in [2.05, 4.69) is 15.3 Å². The summed E-state index contributed by atoms with van der Waals surface area (Å²) in [6.45, 7) is 2.42. The van der Waals surface area contributed by atoms with Gasteiger partial charge in [0.05, 0.1) is 11.6 Å². The van der Waals surface area contributed by atoms with Crippen molar-refractivity contribution in [3.8, 4) is 0 Å². The van der Waals surface area contributed by atoms with Gasteiger partial charge in [-0.1, -0.05) is 18.2 Å². The van der Waals surface area contributed by atoms with Gasteiger partial charge in [-0.2, -0.15) is 5.10 Å². The van der Waals surface area contributed by atoms with Crippen molar-refractivity contribution in [2.24, 2.45) is 13.0 Å². The van der Waals surface area contributed by atoms with Crippen LogP contribution in [0.4, 0.5) is 0 Å². The molecule has 128 valence electrons. The number of rotatable bonds is 2. The minimum absolute atomic E-state index is 0. The summed E-state index contributed by atoms with van der Waals surface area (Å²) in [5, 5.41) is 8.79. The van der Waals surface area contributed by atoms with Crippen LogP contribution in [0.25, 0.3) is 10.9 Å². The number of halogens is 1. The molecule has 1 saturated carbocycles. The number of aryl methyl sites for hydroxylation is 1. The Labute approximate surface area is 147 Å². The van der Waals surface area contributed by atoms with Crippen LogP contribution in [0.1, 0.15) is 36.2 Å². The molecule has 3 aliphatic heterocycles. The van der Waals surface area contributed by atoms with Gasteiger partial charge < -0.3 is 5.32 Å². The highest BCUT2D eigenvalue weighted by Crippen LogP contribution is 2.53. The molecule has 3 saturated heterocycles. The van der Waals surface area contributed by atoms with Crippen molar-refractivity contribution in [3.63, 3.8) is 0 Å². The first kappa shape index (κ1) is 15.9. The lowest BCUT2D eigenvalue weighted by Gasteiger charge is -2.52. The summed E-state index contributed by atoms with van der Waals surface area (Å²) in [6.07, 6.45) is 4.90. The minimum Gasteiger partial charge on any atom is -0.346 e. The Morgan fingerprint density at radius 1 is 1.25 bits per heavy atom. The summed E-state index contributed by atoms with van der Waals surface area (Å²) in [4.78, 5) is 15.5. The third-order valence-electron chi connectivity index (χ3n) is 6.24. The minimum atomic E-state index is -0.00757. The van der Waals surface area contributed by atoms with Gasteiger partial charge in [0, 0.05) is 18.0 Å². The van der Waals surface area contributed by atoms with Crippen molar-refractivity contribution in [1.82, 2.24) is 20.0 Å². The van der Waals surface area contributed by atoms with Gasteiger partial charge in [0.1, 0.15) is 0 Å². The van der Waals surface area contributed by atoms with E-state index in [4.69, 9.17) is 0 Å². The van der Waals surface area contributed by atoms with Gasteiger partial charge in [-0.15, -0.1) is 12.4 Å². The second kappa shape index (κ2) is 5.46. The highest BCUT2D eigenvalue weighted by Gasteiger charge is 2.60. The number of nitrogens with zero attached hydrogens (tertiary/aromatic N) is 3. The van der Waals surface area contributed by atoms with Crippen molar-refractivity contribution in [2.75, 3.05) is 13.1 Å². The largest absolute Gasteiger partial charge is 0.346 e. The molecule has 1 aliphatic carbocycles. The summed E-state index contributed by atoms with van der Waals surface area (Å²) >= 11 is 0. The molecule has 2 aromatic rings. The molecule has 1 atom stereocenters. The average molecular weight is 347 g/mol. The molecule has 0 radical (unpaired) electrons. The average Bonchev–Trinajstić information content (AvgIpc) is 3.29.